The second-order valence-electron chi connectivity index (χ2n) is 2.26. The lowest BCUT2D eigenvalue weighted by atomic mass is 10.3. The quantitative estimate of drug-likeness (QED) is 0.597. The van der Waals surface area contributed by atoms with E-state index in [1.807, 2.05) is 0 Å². The van der Waals surface area contributed by atoms with Gasteiger partial charge in [0.05, 0.1) is 0 Å². The lowest BCUT2D eigenvalue weighted by molar-refractivity contribution is 0.503. The number of rotatable bonds is 3. The SMILES string of the molecule is CNc1ccccc1SS(=O)(=O)O. The van der Waals surface area contributed by atoms with Gasteiger partial charge in [-0.3, -0.25) is 4.55 Å². The first-order valence-corrected chi connectivity index (χ1v) is 6.24. The van der Waals surface area contributed by atoms with Gasteiger partial charge in [0.2, 0.25) is 0 Å². The molecule has 0 saturated heterocycles. The molecule has 0 aliphatic rings. The molecule has 4 nitrogen and oxygen atoms in total. The molecule has 1 aromatic carbocycles. The average Bonchev–Trinajstić information content (AvgIpc) is 2.02. The predicted molar refractivity (Wildman–Crippen MR) is 53.4 cm³/mol. The highest BCUT2D eigenvalue weighted by Crippen LogP contribution is 2.29. The predicted octanol–water partition coefficient (Wildman–Crippen LogP) is 1.62. The summed E-state index contributed by atoms with van der Waals surface area (Å²) in [5.74, 6) is 0. The van der Waals surface area contributed by atoms with E-state index in [0.717, 1.165) is 0 Å². The van der Waals surface area contributed by atoms with Gasteiger partial charge in [-0.05, 0) is 12.1 Å². The summed E-state index contributed by atoms with van der Waals surface area (Å²) in [6.07, 6.45) is 0. The first-order valence-electron chi connectivity index (χ1n) is 3.46. The zero-order valence-electron chi connectivity index (χ0n) is 6.89. The molecule has 0 spiro atoms. The third kappa shape index (κ3) is 3.25. The molecule has 0 bridgehead atoms. The van der Waals surface area contributed by atoms with Crippen LogP contribution in [0.25, 0.3) is 0 Å². The lowest BCUT2D eigenvalue weighted by Gasteiger charge is -2.05. The minimum absolute atomic E-state index is 0.417. The molecule has 0 amide bonds. The van der Waals surface area contributed by atoms with Crippen LogP contribution in [-0.4, -0.2) is 20.0 Å². The maximum Gasteiger partial charge on any atom is 0.324 e. The standard InChI is InChI=1S/C7H9NO3S2/c1-8-6-4-2-3-5-7(6)12-13(9,10)11/h2-5,8H,1H3,(H,9,10,11). The fourth-order valence-corrected chi connectivity index (χ4v) is 2.60. The summed E-state index contributed by atoms with van der Waals surface area (Å²) in [7, 11) is -1.93. The maximum atomic E-state index is 10.6. The molecular formula is C7H9NO3S2. The van der Waals surface area contributed by atoms with Crippen molar-refractivity contribution >= 4 is 25.6 Å². The Balaban J connectivity index is 3.01. The van der Waals surface area contributed by atoms with Crippen molar-refractivity contribution in [2.24, 2.45) is 0 Å². The average molecular weight is 219 g/mol. The first-order chi connectivity index (χ1) is 6.03. The summed E-state index contributed by atoms with van der Waals surface area (Å²) in [4.78, 5) is 0.479. The summed E-state index contributed by atoms with van der Waals surface area (Å²) in [5, 5.41) is 2.82. The molecule has 72 valence electrons. The van der Waals surface area contributed by atoms with Crippen molar-refractivity contribution in [1.29, 1.82) is 0 Å². The zero-order valence-corrected chi connectivity index (χ0v) is 8.52. The van der Waals surface area contributed by atoms with Crippen molar-refractivity contribution < 1.29 is 13.0 Å². The first kappa shape index (κ1) is 10.4. The van der Waals surface area contributed by atoms with Crippen molar-refractivity contribution in [3.63, 3.8) is 0 Å². The molecular weight excluding hydrogens is 210 g/mol. The monoisotopic (exact) mass is 219 g/mol. The molecule has 2 N–H and O–H groups in total. The highest BCUT2D eigenvalue weighted by Gasteiger charge is 2.10. The van der Waals surface area contributed by atoms with Gasteiger partial charge in [0.15, 0.2) is 0 Å². The molecule has 0 aliphatic carbocycles. The van der Waals surface area contributed by atoms with Gasteiger partial charge in [0.25, 0.3) is 0 Å². The van der Waals surface area contributed by atoms with Crippen LogP contribution in [0.2, 0.25) is 0 Å². The van der Waals surface area contributed by atoms with Crippen molar-refractivity contribution in [3.8, 4) is 0 Å². The van der Waals surface area contributed by atoms with Crippen LogP contribution in [0.3, 0.4) is 0 Å². The van der Waals surface area contributed by atoms with Gasteiger partial charge in [-0.25, -0.2) is 0 Å². The Morgan fingerprint density at radius 3 is 2.54 bits per heavy atom. The minimum Gasteiger partial charge on any atom is -0.387 e. The number of benzene rings is 1. The topological polar surface area (TPSA) is 66.4 Å². The van der Waals surface area contributed by atoms with Gasteiger partial charge in [0, 0.05) is 28.4 Å². The molecule has 1 rings (SSSR count). The highest BCUT2D eigenvalue weighted by atomic mass is 33.1. The van der Waals surface area contributed by atoms with Crippen LogP contribution in [0.15, 0.2) is 29.2 Å². The van der Waals surface area contributed by atoms with Crippen LogP contribution < -0.4 is 5.32 Å². The van der Waals surface area contributed by atoms with E-state index in [1.165, 1.54) is 0 Å². The molecule has 0 aliphatic heterocycles. The third-order valence-electron chi connectivity index (χ3n) is 1.35. The van der Waals surface area contributed by atoms with E-state index >= 15 is 0 Å². The van der Waals surface area contributed by atoms with E-state index < -0.39 is 9.15 Å². The van der Waals surface area contributed by atoms with Crippen LogP contribution in [0, 0.1) is 0 Å². The van der Waals surface area contributed by atoms with Crippen LogP contribution in [0.1, 0.15) is 0 Å². The molecule has 0 heterocycles. The summed E-state index contributed by atoms with van der Waals surface area (Å²) < 4.78 is 29.7. The largest absolute Gasteiger partial charge is 0.387 e. The third-order valence-corrected chi connectivity index (χ3v) is 3.27. The molecule has 13 heavy (non-hydrogen) atoms. The smallest absolute Gasteiger partial charge is 0.324 e. The Labute approximate surface area is 80.5 Å². The lowest BCUT2D eigenvalue weighted by Crippen LogP contribution is -1.94. The number of hydrogen-bond donors (Lipinski definition) is 2. The van der Waals surface area contributed by atoms with Gasteiger partial charge >= 0.3 is 9.15 Å². The molecule has 0 aromatic heterocycles. The van der Waals surface area contributed by atoms with Gasteiger partial charge in [0.1, 0.15) is 0 Å². The van der Waals surface area contributed by atoms with Gasteiger partial charge in [-0.2, -0.15) is 8.42 Å². The van der Waals surface area contributed by atoms with E-state index in [1.54, 1.807) is 31.3 Å². The van der Waals surface area contributed by atoms with Crippen molar-refractivity contribution in [3.05, 3.63) is 24.3 Å². The number of anilines is 1. The molecule has 0 radical (unpaired) electrons. The number of para-hydroxylation sites is 1. The summed E-state index contributed by atoms with van der Waals surface area (Å²) in [6.45, 7) is 0. The molecule has 0 atom stereocenters. The highest BCUT2D eigenvalue weighted by molar-refractivity contribution is 8.70. The number of hydrogen-bond acceptors (Lipinski definition) is 4. The normalized spacial score (nSPS) is 11.2. The van der Waals surface area contributed by atoms with E-state index in [-0.39, 0.29) is 0 Å². The Morgan fingerprint density at radius 2 is 2.00 bits per heavy atom. The molecule has 6 heteroatoms. The van der Waals surface area contributed by atoms with Gasteiger partial charge in [-0.1, -0.05) is 12.1 Å². The molecule has 1 aromatic rings. The second-order valence-corrected chi connectivity index (χ2v) is 5.48. The maximum absolute atomic E-state index is 10.6. The summed E-state index contributed by atoms with van der Waals surface area (Å²) in [5.41, 5.74) is 0.671. The Kier molecular flexibility index (Phi) is 3.18. The number of nitrogens with one attached hydrogen (secondary N) is 1. The Morgan fingerprint density at radius 1 is 1.38 bits per heavy atom. The molecule has 0 saturated carbocycles. The molecule has 0 unspecified atom stereocenters. The summed E-state index contributed by atoms with van der Waals surface area (Å²) in [6, 6.07) is 6.83. The molecule has 0 fully saturated rings. The van der Waals surface area contributed by atoms with E-state index in [0.29, 0.717) is 21.4 Å². The van der Waals surface area contributed by atoms with Crippen LogP contribution in [0.5, 0.6) is 0 Å². The van der Waals surface area contributed by atoms with Gasteiger partial charge < -0.3 is 5.32 Å². The Hall–Kier alpha value is -0.720. The Bertz CT molecular complexity index is 388. The summed E-state index contributed by atoms with van der Waals surface area (Å²) >= 11 is 0. The van der Waals surface area contributed by atoms with E-state index in [4.69, 9.17) is 4.55 Å². The van der Waals surface area contributed by atoms with Gasteiger partial charge in [-0.15, -0.1) is 0 Å². The fraction of sp³-hybridized carbons (Fsp3) is 0.143. The van der Waals surface area contributed by atoms with Crippen molar-refractivity contribution in [2.45, 2.75) is 4.90 Å². The van der Waals surface area contributed by atoms with E-state index in [2.05, 4.69) is 5.32 Å². The zero-order chi connectivity index (χ0) is 9.90. The fourth-order valence-electron chi connectivity index (χ4n) is 0.859. The van der Waals surface area contributed by atoms with E-state index in [9.17, 15) is 8.42 Å². The van der Waals surface area contributed by atoms with Crippen molar-refractivity contribution in [2.75, 3.05) is 12.4 Å². The van der Waals surface area contributed by atoms with Crippen molar-refractivity contribution in [1.82, 2.24) is 0 Å². The van der Waals surface area contributed by atoms with Crippen LogP contribution in [-0.2, 0) is 9.15 Å². The van der Waals surface area contributed by atoms with Crippen LogP contribution >= 0.6 is 10.8 Å². The second kappa shape index (κ2) is 3.99. The van der Waals surface area contributed by atoms with Crippen LogP contribution in [0.4, 0.5) is 5.69 Å². The minimum atomic E-state index is -4.03.